The quantitative estimate of drug-likeness (QED) is 0.169. The third kappa shape index (κ3) is 5.62. The lowest BCUT2D eigenvalue weighted by Gasteiger charge is -2.28. The highest BCUT2D eigenvalue weighted by molar-refractivity contribution is 7.25. The van der Waals surface area contributed by atoms with Crippen molar-refractivity contribution >= 4 is 31.5 Å². The van der Waals surface area contributed by atoms with Gasteiger partial charge in [-0.1, -0.05) is 170 Å². The molecule has 8 aromatic carbocycles. The van der Waals surface area contributed by atoms with Crippen LogP contribution in [0.5, 0.6) is 0 Å². The molecular formula is C54H36N2S. The molecule has 268 valence electrons. The van der Waals surface area contributed by atoms with Gasteiger partial charge < -0.3 is 0 Å². The Morgan fingerprint density at radius 1 is 0.368 bits per heavy atom. The topological polar surface area (TPSA) is 25.8 Å². The van der Waals surface area contributed by atoms with E-state index in [0.29, 0.717) is 5.82 Å². The van der Waals surface area contributed by atoms with E-state index in [9.17, 15) is 0 Å². The van der Waals surface area contributed by atoms with Gasteiger partial charge in [-0.2, -0.15) is 0 Å². The molecule has 0 spiro atoms. The molecule has 57 heavy (non-hydrogen) atoms. The summed E-state index contributed by atoms with van der Waals surface area (Å²) in [6.45, 7) is 2.36. The first-order chi connectivity index (χ1) is 28.1. The number of fused-ring (bicyclic) bond motifs is 6. The van der Waals surface area contributed by atoms with Gasteiger partial charge in [0.15, 0.2) is 5.82 Å². The molecule has 2 aromatic heterocycles. The Bertz CT molecular complexity index is 3130. The highest BCUT2D eigenvalue weighted by Crippen LogP contribution is 2.53. The predicted molar refractivity (Wildman–Crippen MR) is 240 cm³/mol. The Balaban J connectivity index is 0.980. The second-order valence-electron chi connectivity index (χ2n) is 15.1. The highest BCUT2D eigenvalue weighted by atomic mass is 32.1. The van der Waals surface area contributed by atoms with Crippen LogP contribution in [0, 0.1) is 0 Å². The normalized spacial score (nSPS) is 14.5. The summed E-state index contributed by atoms with van der Waals surface area (Å²) in [7, 11) is 0. The molecule has 0 radical (unpaired) electrons. The van der Waals surface area contributed by atoms with Crippen molar-refractivity contribution in [3.63, 3.8) is 0 Å². The van der Waals surface area contributed by atoms with Crippen molar-refractivity contribution in [2.45, 2.75) is 12.3 Å². The maximum Gasteiger partial charge on any atom is 0.160 e. The summed E-state index contributed by atoms with van der Waals surface area (Å²) in [5.41, 5.74) is 15.8. The molecule has 1 atom stereocenters. The average Bonchev–Trinajstić information content (AvgIpc) is 3.79. The second kappa shape index (κ2) is 13.4. The van der Waals surface area contributed by atoms with Crippen molar-refractivity contribution in [3.05, 3.63) is 217 Å². The van der Waals surface area contributed by atoms with Crippen LogP contribution in [0.4, 0.5) is 0 Å². The summed E-state index contributed by atoms with van der Waals surface area (Å²) in [5, 5.41) is 2.65. The minimum atomic E-state index is -0.295. The molecule has 10 aromatic rings. The maximum atomic E-state index is 5.23. The van der Waals surface area contributed by atoms with E-state index in [2.05, 4.69) is 189 Å². The van der Waals surface area contributed by atoms with Crippen LogP contribution in [0.2, 0.25) is 0 Å². The number of nitrogens with zero attached hydrogens (tertiary/aromatic N) is 2. The van der Waals surface area contributed by atoms with Crippen molar-refractivity contribution < 1.29 is 0 Å². The molecule has 11 rings (SSSR count). The minimum Gasteiger partial charge on any atom is -0.228 e. The predicted octanol–water partition coefficient (Wildman–Crippen LogP) is 14.5. The largest absolute Gasteiger partial charge is 0.228 e. The number of hydrogen-bond donors (Lipinski definition) is 0. The van der Waals surface area contributed by atoms with Crippen molar-refractivity contribution in [3.8, 4) is 67.3 Å². The number of hydrogen-bond acceptors (Lipinski definition) is 3. The number of rotatable bonds is 6. The molecule has 1 aliphatic rings. The first-order valence-corrected chi connectivity index (χ1v) is 20.3. The van der Waals surface area contributed by atoms with Gasteiger partial charge in [0.2, 0.25) is 0 Å². The van der Waals surface area contributed by atoms with Gasteiger partial charge in [0, 0.05) is 42.3 Å². The zero-order valence-corrected chi connectivity index (χ0v) is 32.2. The van der Waals surface area contributed by atoms with Crippen molar-refractivity contribution in [2.24, 2.45) is 0 Å². The van der Waals surface area contributed by atoms with Crippen LogP contribution in [-0.2, 0) is 5.41 Å². The standard InChI is InChI=1S/C54H36N2S/c1-54(42-17-6-3-7-18-42)47-21-10-8-19-43(47)44-29-28-41(32-48(44)54)50-34-49(55-53(56-50)37-13-4-2-5-14-37)40-16-12-15-38(31-40)35-23-25-36(26-24-35)39-27-30-46-45-20-9-11-22-51(45)57-52(46)33-39/h2-34H,1H3. The molecule has 0 saturated carbocycles. The van der Waals surface area contributed by atoms with Crippen molar-refractivity contribution in [1.82, 2.24) is 9.97 Å². The summed E-state index contributed by atoms with van der Waals surface area (Å²) in [4.78, 5) is 10.4. The molecule has 0 aliphatic heterocycles. The Morgan fingerprint density at radius 3 is 1.72 bits per heavy atom. The number of thiophene rings is 1. The zero-order chi connectivity index (χ0) is 37.9. The van der Waals surface area contributed by atoms with E-state index >= 15 is 0 Å². The summed E-state index contributed by atoms with van der Waals surface area (Å²) in [6.07, 6.45) is 0. The van der Waals surface area contributed by atoms with Crippen LogP contribution in [0.25, 0.3) is 87.5 Å². The van der Waals surface area contributed by atoms with E-state index in [4.69, 9.17) is 9.97 Å². The lowest BCUT2D eigenvalue weighted by Crippen LogP contribution is -2.22. The van der Waals surface area contributed by atoms with Crippen LogP contribution in [-0.4, -0.2) is 9.97 Å². The maximum absolute atomic E-state index is 5.23. The fourth-order valence-electron chi connectivity index (χ4n) is 8.81. The summed E-state index contributed by atoms with van der Waals surface area (Å²) < 4.78 is 2.65. The first-order valence-electron chi connectivity index (χ1n) is 19.5. The average molecular weight is 745 g/mol. The smallest absolute Gasteiger partial charge is 0.160 e. The first kappa shape index (κ1) is 33.4. The van der Waals surface area contributed by atoms with Gasteiger partial charge in [-0.05, 0) is 87.3 Å². The summed E-state index contributed by atoms with van der Waals surface area (Å²) in [6, 6.07) is 72.2. The molecular weight excluding hydrogens is 709 g/mol. The highest BCUT2D eigenvalue weighted by Gasteiger charge is 2.40. The lowest BCUT2D eigenvalue weighted by molar-refractivity contribution is 0.714. The SMILES string of the molecule is CC1(c2ccccc2)c2ccccc2-c2ccc(-c3cc(-c4cccc(-c5ccc(-c6ccc7c(c6)sc6ccccc67)cc5)c4)nc(-c4ccccc4)n3)cc21. The van der Waals surface area contributed by atoms with Gasteiger partial charge in [0.25, 0.3) is 0 Å². The summed E-state index contributed by atoms with van der Waals surface area (Å²) in [5.74, 6) is 0.711. The Hall–Kier alpha value is -6.94. The van der Waals surface area contributed by atoms with E-state index in [1.54, 1.807) is 0 Å². The fourth-order valence-corrected chi connectivity index (χ4v) is 9.96. The molecule has 3 heteroatoms. The number of benzene rings is 8. The third-order valence-corrected chi connectivity index (χ3v) is 12.9. The van der Waals surface area contributed by atoms with Crippen LogP contribution < -0.4 is 0 Å². The van der Waals surface area contributed by atoms with Gasteiger partial charge in [0.1, 0.15) is 0 Å². The lowest BCUT2D eigenvalue weighted by atomic mass is 9.74. The molecule has 0 N–H and O–H groups in total. The molecule has 1 aliphatic carbocycles. The van der Waals surface area contributed by atoms with E-state index in [-0.39, 0.29) is 5.41 Å². The fraction of sp³-hybridized carbons (Fsp3) is 0.0370. The minimum absolute atomic E-state index is 0.295. The second-order valence-corrected chi connectivity index (χ2v) is 16.2. The Morgan fingerprint density at radius 2 is 0.930 bits per heavy atom. The van der Waals surface area contributed by atoms with Gasteiger partial charge in [0.05, 0.1) is 11.4 Å². The van der Waals surface area contributed by atoms with Crippen molar-refractivity contribution in [2.75, 3.05) is 0 Å². The van der Waals surface area contributed by atoms with Crippen LogP contribution >= 0.6 is 11.3 Å². The van der Waals surface area contributed by atoms with E-state index in [1.165, 1.54) is 64.7 Å². The van der Waals surface area contributed by atoms with Gasteiger partial charge in [-0.3, -0.25) is 0 Å². The van der Waals surface area contributed by atoms with E-state index < -0.39 is 0 Å². The Kier molecular flexibility index (Phi) is 7.84. The van der Waals surface area contributed by atoms with Crippen molar-refractivity contribution in [1.29, 1.82) is 0 Å². The molecule has 1 unspecified atom stereocenters. The zero-order valence-electron chi connectivity index (χ0n) is 31.4. The molecule has 0 amide bonds. The monoisotopic (exact) mass is 744 g/mol. The molecule has 0 bridgehead atoms. The van der Waals surface area contributed by atoms with Gasteiger partial charge >= 0.3 is 0 Å². The van der Waals surface area contributed by atoms with Crippen LogP contribution in [0.3, 0.4) is 0 Å². The van der Waals surface area contributed by atoms with Crippen LogP contribution in [0.15, 0.2) is 200 Å². The van der Waals surface area contributed by atoms with Gasteiger partial charge in [-0.15, -0.1) is 11.3 Å². The van der Waals surface area contributed by atoms with E-state index in [0.717, 1.165) is 33.6 Å². The number of aromatic nitrogens is 2. The summed E-state index contributed by atoms with van der Waals surface area (Å²) >= 11 is 1.86. The molecule has 2 nitrogen and oxygen atoms in total. The molecule has 0 saturated heterocycles. The molecule has 2 heterocycles. The Labute approximate surface area is 336 Å². The van der Waals surface area contributed by atoms with Crippen LogP contribution in [0.1, 0.15) is 23.6 Å². The van der Waals surface area contributed by atoms with Gasteiger partial charge in [-0.25, -0.2) is 9.97 Å². The third-order valence-electron chi connectivity index (χ3n) is 11.8. The van der Waals surface area contributed by atoms with E-state index in [1.807, 2.05) is 29.5 Å². The molecule has 0 fully saturated rings.